The average Bonchev–Trinajstić information content (AvgIpc) is 2.79. The highest BCUT2D eigenvalue weighted by atomic mass is 16.5. The molecule has 0 heterocycles. The van der Waals surface area contributed by atoms with E-state index in [0.717, 1.165) is 32.1 Å². The summed E-state index contributed by atoms with van der Waals surface area (Å²) in [6.07, 6.45) is 4.65. The van der Waals surface area contributed by atoms with E-state index in [2.05, 4.69) is 16.0 Å². The standard InChI is InChI=1S/C23H25N3O5/c27-20(26-21(28)16-7-3-1-4-8-16)15-31-22(29)17-11-13-19(14-12-17)25-23(30)24-18-9-5-2-6-10-18/h2,5-6,9-14,16H,1,3-4,7-8,15H2,(H2,24,25,30)(H,26,27,28). The smallest absolute Gasteiger partial charge is 0.338 e. The Hall–Kier alpha value is -3.68. The number of carbonyl (C=O) groups excluding carboxylic acids is 4. The van der Waals surface area contributed by atoms with Crippen LogP contribution in [0.3, 0.4) is 0 Å². The molecule has 0 radical (unpaired) electrons. The van der Waals surface area contributed by atoms with Gasteiger partial charge in [0.25, 0.3) is 5.91 Å². The highest BCUT2D eigenvalue weighted by Crippen LogP contribution is 2.23. The number of benzene rings is 2. The van der Waals surface area contributed by atoms with Gasteiger partial charge in [-0.25, -0.2) is 9.59 Å². The van der Waals surface area contributed by atoms with Crippen LogP contribution in [-0.4, -0.2) is 30.4 Å². The second-order valence-corrected chi connectivity index (χ2v) is 7.35. The molecule has 1 fully saturated rings. The first kappa shape index (κ1) is 22.0. The molecule has 0 aliphatic heterocycles. The lowest BCUT2D eigenvalue weighted by Crippen LogP contribution is -2.38. The van der Waals surface area contributed by atoms with Crippen LogP contribution in [0.4, 0.5) is 16.2 Å². The Morgan fingerprint density at radius 3 is 2.06 bits per heavy atom. The minimum atomic E-state index is -0.694. The summed E-state index contributed by atoms with van der Waals surface area (Å²) in [4.78, 5) is 48.1. The van der Waals surface area contributed by atoms with Gasteiger partial charge < -0.3 is 15.4 Å². The Morgan fingerprint density at radius 2 is 1.42 bits per heavy atom. The first-order valence-electron chi connectivity index (χ1n) is 10.3. The molecule has 1 aliphatic rings. The van der Waals surface area contributed by atoms with Gasteiger partial charge in [-0.3, -0.25) is 14.9 Å². The summed E-state index contributed by atoms with van der Waals surface area (Å²) >= 11 is 0. The molecule has 4 amide bonds. The maximum Gasteiger partial charge on any atom is 0.338 e. The van der Waals surface area contributed by atoms with Crippen LogP contribution in [0, 0.1) is 5.92 Å². The van der Waals surface area contributed by atoms with Gasteiger partial charge in [0.1, 0.15) is 0 Å². The highest BCUT2D eigenvalue weighted by Gasteiger charge is 2.23. The SMILES string of the molecule is O=C(COC(=O)c1ccc(NC(=O)Nc2ccccc2)cc1)NC(=O)C1CCCCC1. The maximum absolute atomic E-state index is 12.1. The van der Waals surface area contributed by atoms with Gasteiger partial charge in [-0.15, -0.1) is 0 Å². The van der Waals surface area contributed by atoms with Crippen molar-refractivity contribution < 1.29 is 23.9 Å². The zero-order chi connectivity index (χ0) is 22.1. The van der Waals surface area contributed by atoms with Crippen molar-refractivity contribution in [1.29, 1.82) is 0 Å². The summed E-state index contributed by atoms with van der Waals surface area (Å²) in [5.74, 6) is -1.78. The van der Waals surface area contributed by atoms with Crippen LogP contribution in [0.5, 0.6) is 0 Å². The number of para-hydroxylation sites is 1. The van der Waals surface area contributed by atoms with Gasteiger partial charge in [0.15, 0.2) is 6.61 Å². The summed E-state index contributed by atoms with van der Waals surface area (Å²) < 4.78 is 4.98. The number of urea groups is 1. The van der Waals surface area contributed by atoms with E-state index in [1.54, 1.807) is 24.3 Å². The minimum Gasteiger partial charge on any atom is -0.452 e. The van der Waals surface area contributed by atoms with Gasteiger partial charge >= 0.3 is 12.0 Å². The van der Waals surface area contributed by atoms with Gasteiger partial charge in [-0.2, -0.15) is 0 Å². The Balaban J connectivity index is 1.42. The number of anilines is 2. The van der Waals surface area contributed by atoms with Crippen LogP contribution in [-0.2, 0) is 14.3 Å². The van der Waals surface area contributed by atoms with E-state index in [4.69, 9.17) is 4.74 Å². The van der Waals surface area contributed by atoms with Gasteiger partial charge in [-0.05, 0) is 49.2 Å². The molecule has 0 spiro atoms. The molecule has 1 aliphatic carbocycles. The number of rotatable bonds is 6. The van der Waals surface area contributed by atoms with Crippen LogP contribution in [0.25, 0.3) is 0 Å². The van der Waals surface area contributed by atoms with Crippen molar-refractivity contribution in [2.24, 2.45) is 5.92 Å². The van der Waals surface area contributed by atoms with E-state index in [-0.39, 0.29) is 17.4 Å². The van der Waals surface area contributed by atoms with Gasteiger partial charge in [-0.1, -0.05) is 37.5 Å². The Bertz CT molecular complexity index is 922. The normalized spacial score (nSPS) is 13.7. The van der Waals surface area contributed by atoms with Crippen molar-refractivity contribution in [1.82, 2.24) is 5.32 Å². The second kappa shape index (κ2) is 10.9. The number of carbonyl (C=O) groups is 4. The monoisotopic (exact) mass is 423 g/mol. The number of imide groups is 1. The molecule has 3 N–H and O–H groups in total. The molecule has 0 saturated heterocycles. The van der Waals surface area contributed by atoms with Crippen molar-refractivity contribution in [3.05, 3.63) is 60.2 Å². The quantitative estimate of drug-likeness (QED) is 0.613. The lowest BCUT2D eigenvalue weighted by molar-refractivity contribution is -0.135. The van der Waals surface area contributed by atoms with Crippen LogP contribution in [0.1, 0.15) is 42.5 Å². The topological polar surface area (TPSA) is 114 Å². The molecule has 162 valence electrons. The number of amides is 4. The molecule has 2 aromatic carbocycles. The van der Waals surface area contributed by atoms with Gasteiger partial charge in [0.05, 0.1) is 5.56 Å². The first-order chi connectivity index (χ1) is 15.0. The molecule has 1 saturated carbocycles. The Kier molecular flexibility index (Phi) is 7.75. The summed E-state index contributed by atoms with van der Waals surface area (Å²) in [6.45, 7) is -0.531. The van der Waals surface area contributed by atoms with Crippen molar-refractivity contribution in [3.63, 3.8) is 0 Å². The van der Waals surface area contributed by atoms with E-state index in [1.165, 1.54) is 12.1 Å². The van der Waals surface area contributed by atoms with E-state index in [1.807, 2.05) is 18.2 Å². The molecule has 0 unspecified atom stereocenters. The predicted molar refractivity (Wildman–Crippen MR) is 116 cm³/mol. The molecule has 0 aromatic heterocycles. The van der Waals surface area contributed by atoms with Crippen LogP contribution >= 0.6 is 0 Å². The van der Waals surface area contributed by atoms with E-state index >= 15 is 0 Å². The summed E-state index contributed by atoms with van der Waals surface area (Å²) in [5, 5.41) is 7.64. The minimum absolute atomic E-state index is 0.146. The fourth-order valence-corrected chi connectivity index (χ4v) is 3.36. The van der Waals surface area contributed by atoms with Crippen LogP contribution < -0.4 is 16.0 Å². The third kappa shape index (κ3) is 6.95. The Labute approximate surface area is 180 Å². The number of ether oxygens (including phenoxy) is 1. The molecular formula is C23H25N3O5. The largest absolute Gasteiger partial charge is 0.452 e. The third-order valence-corrected chi connectivity index (χ3v) is 4.98. The number of nitrogens with one attached hydrogen (secondary N) is 3. The molecule has 0 atom stereocenters. The summed E-state index contributed by atoms with van der Waals surface area (Å²) in [6, 6.07) is 14.6. The molecule has 31 heavy (non-hydrogen) atoms. The van der Waals surface area contributed by atoms with Crippen molar-refractivity contribution in [3.8, 4) is 0 Å². The Morgan fingerprint density at radius 1 is 0.806 bits per heavy atom. The molecular weight excluding hydrogens is 398 g/mol. The number of hydrogen-bond acceptors (Lipinski definition) is 5. The zero-order valence-corrected chi connectivity index (χ0v) is 17.1. The average molecular weight is 423 g/mol. The molecule has 8 heteroatoms. The molecule has 2 aromatic rings. The van der Waals surface area contributed by atoms with E-state index in [0.29, 0.717) is 11.4 Å². The predicted octanol–water partition coefficient (Wildman–Crippen LogP) is 3.71. The van der Waals surface area contributed by atoms with E-state index < -0.39 is 24.5 Å². The van der Waals surface area contributed by atoms with Crippen molar-refractivity contribution in [2.75, 3.05) is 17.2 Å². The summed E-state index contributed by atoms with van der Waals surface area (Å²) in [7, 11) is 0. The molecule has 0 bridgehead atoms. The lowest BCUT2D eigenvalue weighted by Gasteiger charge is -2.20. The van der Waals surface area contributed by atoms with E-state index in [9.17, 15) is 19.2 Å². The van der Waals surface area contributed by atoms with Crippen molar-refractivity contribution in [2.45, 2.75) is 32.1 Å². The van der Waals surface area contributed by atoms with Crippen LogP contribution in [0.15, 0.2) is 54.6 Å². The fourth-order valence-electron chi connectivity index (χ4n) is 3.36. The van der Waals surface area contributed by atoms with Gasteiger partial charge in [0.2, 0.25) is 5.91 Å². The second-order valence-electron chi connectivity index (χ2n) is 7.35. The number of esters is 1. The lowest BCUT2D eigenvalue weighted by atomic mass is 9.89. The molecule has 3 rings (SSSR count). The summed E-state index contributed by atoms with van der Waals surface area (Å²) in [5.41, 5.74) is 1.36. The maximum atomic E-state index is 12.1. The van der Waals surface area contributed by atoms with Gasteiger partial charge in [0, 0.05) is 17.3 Å². The molecule has 8 nitrogen and oxygen atoms in total. The fraction of sp³-hybridized carbons (Fsp3) is 0.304. The van der Waals surface area contributed by atoms with Crippen molar-refractivity contribution >= 4 is 35.2 Å². The van der Waals surface area contributed by atoms with Crippen LogP contribution in [0.2, 0.25) is 0 Å². The highest BCUT2D eigenvalue weighted by molar-refractivity contribution is 6.00. The first-order valence-corrected chi connectivity index (χ1v) is 10.3. The third-order valence-electron chi connectivity index (χ3n) is 4.98. The zero-order valence-electron chi connectivity index (χ0n) is 17.1. The number of hydrogen-bond donors (Lipinski definition) is 3.